The zero-order chi connectivity index (χ0) is 28.7. The number of ether oxygens (including phenoxy) is 4. The largest absolute Gasteiger partial charge is 0.472 e. The average molecular weight is 568 g/mol. The highest BCUT2D eigenvalue weighted by atomic mass is 31.2. The Morgan fingerprint density at radius 2 is 0.897 bits per heavy atom. The van der Waals surface area contributed by atoms with Crippen LogP contribution in [0.4, 0.5) is 0 Å². The first-order valence-corrected chi connectivity index (χ1v) is 13.3. The van der Waals surface area contributed by atoms with Crippen LogP contribution in [0.25, 0.3) is 0 Å². The maximum atomic E-state index is 12.1. The summed E-state index contributed by atoms with van der Waals surface area (Å²) in [4.78, 5) is 57.3. The zero-order valence-electron chi connectivity index (χ0n) is 21.1. The lowest BCUT2D eigenvalue weighted by molar-refractivity contribution is 0.0354. The Balaban J connectivity index is 1.65. The van der Waals surface area contributed by atoms with E-state index >= 15 is 0 Å². The van der Waals surface area contributed by atoms with Crippen molar-refractivity contribution in [1.29, 1.82) is 0 Å². The van der Waals surface area contributed by atoms with E-state index in [2.05, 4.69) is 0 Å². The quantitative estimate of drug-likeness (QED) is 0.131. The molecule has 0 bridgehead atoms. The van der Waals surface area contributed by atoms with Gasteiger partial charge in [-0.15, -0.1) is 0 Å². The smallest absolute Gasteiger partial charge is 0.462 e. The number of esters is 4. The van der Waals surface area contributed by atoms with Crippen LogP contribution in [0.5, 0.6) is 0 Å². The van der Waals surface area contributed by atoms with Crippen LogP contribution in [0.1, 0.15) is 54.8 Å². The predicted octanol–water partition coefficient (Wildman–Crippen LogP) is 2.55. The molecule has 2 N–H and O–H groups in total. The molecule has 2 rings (SSSR count). The molecular formula is C25H29O13P. The fourth-order valence-electron chi connectivity index (χ4n) is 2.76. The summed E-state index contributed by atoms with van der Waals surface area (Å²) < 4.78 is 41.0. The highest BCUT2D eigenvalue weighted by Gasteiger charge is 2.21. The molecule has 0 aromatic heterocycles. The minimum absolute atomic E-state index is 0.116. The first-order valence-electron chi connectivity index (χ1n) is 11.8. The Bertz CT molecular complexity index is 1060. The Kier molecular flexibility index (Phi) is 13.3. The van der Waals surface area contributed by atoms with Crippen LogP contribution >= 0.6 is 7.82 Å². The fourth-order valence-corrected chi connectivity index (χ4v) is 3.45. The van der Waals surface area contributed by atoms with Gasteiger partial charge in [0, 0.05) is 0 Å². The Hall–Kier alpha value is -3.61. The van der Waals surface area contributed by atoms with Crippen molar-refractivity contribution in [2.24, 2.45) is 0 Å². The van der Waals surface area contributed by atoms with E-state index in [0.717, 1.165) is 0 Å². The number of phosphoric acid groups is 1. The van der Waals surface area contributed by atoms with Crippen molar-refractivity contribution in [3.8, 4) is 0 Å². The van der Waals surface area contributed by atoms with Gasteiger partial charge in [0.1, 0.15) is 19.8 Å². The molecule has 212 valence electrons. The third-order valence-electron chi connectivity index (χ3n) is 4.62. The van der Waals surface area contributed by atoms with Gasteiger partial charge in [0.05, 0.1) is 48.7 Å². The minimum Gasteiger partial charge on any atom is -0.462 e. The number of rotatable bonds is 16. The third kappa shape index (κ3) is 11.3. The van der Waals surface area contributed by atoms with E-state index in [0.29, 0.717) is 6.42 Å². The molecule has 14 heteroatoms. The lowest BCUT2D eigenvalue weighted by atomic mass is 10.1. The standard InChI is InChI=1S/C25H29O13P/c1-2-12-33-22(27)18-3-7-20(8-4-18)24(29)35-14-16-37-39(31,32)38-17-15-36-25(30)21-9-5-19(6-10-21)23(28)34-13-11-26/h3-10,26H,2,11-17H2,1H3,(H,31,32). The number of aliphatic hydroxyl groups is 1. The number of aliphatic hydroxyl groups excluding tert-OH is 1. The molecule has 0 aliphatic carbocycles. The lowest BCUT2D eigenvalue weighted by Crippen LogP contribution is -2.13. The van der Waals surface area contributed by atoms with Crippen LogP contribution in [0.3, 0.4) is 0 Å². The summed E-state index contributed by atoms with van der Waals surface area (Å²) in [7, 11) is -4.51. The van der Waals surface area contributed by atoms with Gasteiger partial charge in [-0.2, -0.15) is 0 Å². The number of hydrogen-bond acceptors (Lipinski definition) is 12. The summed E-state index contributed by atoms with van der Waals surface area (Å²) >= 11 is 0. The van der Waals surface area contributed by atoms with Gasteiger partial charge in [-0.1, -0.05) is 6.92 Å². The highest BCUT2D eigenvalue weighted by Crippen LogP contribution is 2.42. The molecule has 0 amide bonds. The molecule has 0 aliphatic rings. The average Bonchev–Trinajstić information content (AvgIpc) is 2.94. The van der Waals surface area contributed by atoms with Gasteiger partial charge >= 0.3 is 31.7 Å². The molecule has 2 aromatic rings. The normalized spacial score (nSPS) is 12.2. The number of carbonyl (C=O) groups is 4. The molecule has 0 spiro atoms. The van der Waals surface area contributed by atoms with Gasteiger partial charge in [0.2, 0.25) is 0 Å². The molecule has 0 saturated heterocycles. The van der Waals surface area contributed by atoms with Gasteiger partial charge in [-0.3, -0.25) is 9.05 Å². The maximum Gasteiger partial charge on any atom is 0.472 e. The molecule has 0 fully saturated rings. The van der Waals surface area contributed by atoms with E-state index < -0.39 is 44.9 Å². The van der Waals surface area contributed by atoms with Crippen LogP contribution < -0.4 is 0 Å². The summed E-state index contributed by atoms with van der Waals surface area (Å²) in [5, 5.41) is 8.66. The van der Waals surface area contributed by atoms with Crippen LogP contribution in [0.2, 0.25) is 0 Å². The summed E-state index contributed by atoms with van der Waals surface area (Å²) in [5.74, 6) is -2.67. The molecule has 2 aromatic carbocycles. The van der Waals surface area contributed by atoms with Crippen molar-refractivity contribution in [3.05, 3.63) is 70.8 Å². The molecule has 1 unspecified atom stereocenters. The van der Waals surface area contributed by atoms with Crippen LogP contribution in [-0.4, -0.2) is 80.1 Å². The first-order chi connectivity index (χ1) is 18.7. The minimum atomic E-state index is -4.51. The van der Waals surface area contributed by atoms with Crippen molar-refractivity contribution in [2.75, 3.05) is 46.2 Å². The van der Waals surface area contributed by atoms with E-state index in [4.69, 9.17) is 33.1 Å². The highest BCUT2D eigenvalue weighted by molar-refractivity contribution is 7.47. The van der Waals surface area contributed by atoms with Crippen LogP contribution in [0.15, 0.2) is 48.5 Å². The van der Waals surface area contributed by atoms with Crippen LogP contribution in [0, 0.1) is 0 Å². The first kappa shape index (κ1) is 31.6. The van der Waals surface area contributed by atoms with E-state index in [-0.39, 0.29) is 55.3 Å². The van der Waals surface area contributed by atoms with Crippen molar-refractivity contribution < 1.29 is 61.7 Å². The molecule has 1 atom stereocenters. The predicted molar refractivity (Wildman–Crippen MR) is 133 cm³/mol. The number of carbonyl (C=O) groups excluding carboxylic acids is 4. The number of benzene rings is 2. The summed E-state index contributed by atoms with van der Waals surface area (Å²) in [5.41, 5.74) is 0.727. The van der Waals surface area contributed by atoms with Gasteiger partial charge in [-0.25, -0.2) is 23.7 Å². The SMILES string of the molecule is CCCOC(=O)c1ccc(C(=O)OCCOP(=O)(O)OCCOC(=O)c2ccc(C(=O)OCCO)cc2)cc1. The second kappa shape index (κ2) is 16.4. The molecule has 39 heavy (non-hydrogen) atoms. The molecule has 0 heterocycles. The maximum absolute atomic E-state index is 12.1. The topological polar surface area (TPSA) is 181 Å². The second-order valence-electron chi connectivity index (χ2n) is 7.56. The molecule has 0 radical (unpaired) electrons. The van der Waals surface area contributed by atoms with E-state index in [1.54, 1.807) is 0 Å². The van der Waals surface area contributed by atoms with E-state index in [1.165, 1.54) is 48.5 Å². The number of hydrogen-bond donors (Lipinski definition) is 2. The van der Waals surface area contributed by atoms with Gasteiger partial charge in [0.25, 0.3) is 0 Å². The summed E-state index contributed by atoms with van der Waals surface area (Å²) in [6.45, 7) is 0.0493. The Morgan fingerprint density at radius 1 is 0.590 bits per heavy atom. The van der Waals surface area contributed by atoms with Crippen molar-refractivity contribution in [3.63, 3.8) is 0 Å². The molecule has 0 saturated carbocycles. The molecular weight excluding hydrogens is 539 g/mol. The fraction of sp³-hybridized carbons (Fsp3) is 0.360. The monoisotopic (exact) mass is 568 g/mol. The Labute approximate surface area is 224 Å². The third-order valence-corrected chi connectivity index (χ3v) is 5.63. The van der Waals surface area contributed by atoms with Crippen molar-refractivity contribution >= 4 is 31.7 Å². The number of phosphoric ester groups is 1. The lowest BCUT2D eigenvalue weighted by Gasteiger charge is -2.12. The van der Waals surface area contributed by atoms with E-state index in [1.807, 2.05) is 6.92 Å². The van der Waals surface area contributed by atoms with Gasteiger partial charge in [0.15, 0.2) is 0 Å². The van der Waals surface area contributed by atoms with E-state index in [9.17, 15) is 28.6 Å². The van der Waals surface area contributed by atoms with Gasteiger partial charge < -0.3 is 28.9 Å². The van der Waals surface area contributed by atoms with Crippen molar-refractivity contribution in [2.45, 2.75) is 13.3 Å². The molecule has 13 nitrogen and oxygen atoms in total. The molecule has 0 aliphatic heterocycles. The van der Waals surface area contributed by atoms with Crippen LogP contribution in [-0.2, 0) is 32.6 Å². The second-order valence-corrected chi connectivity index (χ2v) is 9.01. The van der Waals surface area contributed by atoms with Crippen molar-refractivity contribution in [1.82, 2.24) is 0 Å². The Morgan fingerprint density at radius 3 is 1.21 bits per heavy atom. The summed E-state index contributed by atoms with van der Waals surface area (Å²) in [6.07, 6.45) is 0.683. The zero-order valence-corrected chi connectivity index (χ0v) is 22.0. The van der Waals surface area contributed by atoms with Gasteiger partial charge in [-0.05, 0) is 55.0 Å². The summed E-state index contributed by atoms with van der Waals surface area (Å²) in [6, 6.07) is 10.9.